The molecule has 2 aliphatic rings. The number of hydrogen-bond donors (Lipinski definition) is 2. The van der Waals surface area contributed by atoms with E-state index in [1.165, 1.54) is 33.1 Å². The lowest BCUT2D eigenvalue weighted by atomic mass is 10.1. The maximum absolute atomic E-state index is 14.3. The molecule has 2 aromatic carbocycles. The van der Waals surface area contributed by atoms with Gasteiger partial charge in [0.15, 0.2) is 11.6 Å². The lowest BCUT2D eigenvalue weighted by molar-refractivity contribution is 0.0487. The van der Waals surface area contributed by atoms with E-state index in [9.17, 15) is 30.4 Å². The van der Waals surface area contributed by atoms with Crippen molar-refractivity contribution in [2.75, 3.05) is 26.2 Å². The fourth-order valence-corrected chi connectivity index (χ4v) is 9.48. The monoisotopic (exact) mass is 718 g/mol. The molecule has 2 saturated heterocycles. The summed E-state index contributed by atoms with van der Waals surface area (Å²) in [5.74, 6) is -1.31. The van der Waals surface area contributed by atoms with Crippen molar-refractivity contribution in [1.82, 2.24) is 23.9 Å². The van der Waals surface area contributed by atoms with Crippen molar-refractivity contribution in [3.63, 3.8) is 0 Å². The molecular formula is C33H40F2N6O6S2. The minimum absolute atomic E-state index is 0.0194. The van der Waals surface area contributed by atoms with Crippen molar-refractivity contribution in [3.8, 4) is 0 Å². The molecule has 4 aromatic rings. The van der Waals surface area contributed by atoms with E-state index in [0.29, 0.717) is 36.7 Å². The molecule has 0 unspecified atom stereocenters. The Balaban J connectivity index is 0.000000199. The van der Waals surface area contributed by atoms with E-state index >= 15 is 0 Å². The highest BCUT2D eigenvalue weighted by molar-refractivity contribution is 7.89. The van der Waals surface area contributed by atoms with Crippen LogP contribution < -0.4 is 11.1 Å². The van der Waals surface area contributed by atoms with E-state index in [1.54, 1.807) is 45.0 Å². The molecule has 0 saturated carbocycles. The number of nitrogens with two attached hydrogens (primary N) is 1. The summed E-state index contributed by atoms with van der Waals surface area (Å²) in [4.78, 5) is 19.4. The first-order valence-electron chi connectivity index (χ1n) is 15.9. The number of carbonyl (C=O) groups excluding carboxylic acids is 1. The van der Waals surface area contributed by atoms with Crippen LogP contribution in [0.25, 0.3) is 21.5 Å². The van der Waals surface area contributed by atoms with Crippen LogP contribution in [0.15, 0.2) is 71.0 Å². The summed E-state index contributed by atoms with van der Waals surface area (Å²) in [6.45, 7) is 6.36. The van der Waals surface area contributed by atoms with Crippen LogP contribution in [0.1, 0.15) is 46.5 Å². The molecule has 0 radical (unpaired) electrons. The molecule has 0 spiro atoms. The molecule has 2 aromatic heterocycles. The maximum atomic E-state index is 14.3. The second kappa shape index (κ2) is 14.6. The van der Waals surface area contributed by atoms with E-state index in [4.69, 9.17) is 10.5 Å². The number of piperidine rings is 2. The summed E-state index contributed by atoms with van der Waals surface area (Å²) >= 11 is 0. The highest BCUT2D eigenvalue weighted by Gasteiger charge is 2.34. The first-order chi connectivity index (χ1) is 23.1. The van der Waals surface area contributed by atoms with Crippen LogP contribution in [0.3, 0.4) is 0 Å². The number of nitrogens with one attached hydrogen (secondary N) is 1. The predicted octanol–water partition coefficient (Wildman–Crippen LogP) is 4.54. The molecule has 1 amide bonds. The van der Waals surface area contributed by atoms with Gasteiger partial charge in [-0.15, -0.1) is 0 Å². The molecule has 3 N–H and O–H groups in total. The number of rotatable bonds is 5. The van der Waals surface area contributed by atoms with E-state index in [-0.39, 0.29) is 45.7 Å². The van der Waals surface area contributed by atoms with Crippen LogP contribution in [-0.4, -0.2) is 85.4 Å². The third-order valence-electron chi connectivity index (χ3n) is 8.16. The van der Waals surface area contributed by atoms with Crippen molar-refractivity contribution in [2.24, 2.45) is 5.73 Å². The summed E-state index contributed by atoms with van der Waals surface area (Å²) < 4.78 is 88.2. The molecule has 4 heterocycles. The van der Waals surface area contributed by atoms with Gasteiger partial charge >= 0.3 is 6.09 Å². The Kier molecular flexibility index (Phi) is 10.8. The zero-order valence-corrected chi connectivity index (χ0v) is 29.1. The van der Waals surface area contributed by atoms with Crippen molar-refractivity contribution >= 4 is 47.7 Å². The third kappa shape index (κ3) is 8.32. The van der Waals surface area contributed by atoms with Gasteiger partial charge in [-0.2, -0.15) is 8.61 Å². The normalized spacial score (nSPS) is 19.6. The smallest absolute Gasteiger partial charge is 0.407 e. The summed E-state index contributed by atoms with van der Waals surface area (Å²) in [6, 6.07) is 8.71. The number of fused-ring (bicyclic) bond motifs is 2. The average molecular weight is 719 g/mol. The maximum Gasteiger partial charge on any atom is 0.407 e. The number of hydrogen-bond acceptors (Lipinski definition) is 9. The number of pyridine rings is 2. The molecule has 49 heavy (non-hydrogen) atoms. The molecule has 0 aliphatic carbocycles. The predicted molar refractivity (Wildman–Crippen MR) is 181 cm³/mol. The summed E-state index contributed by atoms with van der Waals surface area (Å²) in [7, 11) is -7.70. The molecule has 2 fully saturated rings. The molecular weight excluding hydrogens is 679 g/mol. The van der Waals surface area contributed by atoms with Crippen LogP contribution >= 0.6 is 0 Å². The van der Waals surface area contributed by atoms with Gasteiger partial charge in [0.25, 0.3) is 0 Å². The van der Waals surface area contributed by atoms with Crippen molar-refractivity contribution in [2.45, 2.75) is 73.9 Å². The van der Waals surface area contributed by atoms with Gasteiger partial charge in [-0.25, -0.2) is 30.4 Å². The number of ether oxygens (including phenoxy) is 1. The van der Waals surface area contributed by atoms with Gasteiger partial charge in [0, 0.05) is 72.2 Å². The Labute approximate surface area is 284 Å². The third-order valence-corrected chi connectivity index (χ3v) is 12.0. The van der Waals surface area contributed by atoms with Gasteiger partial charge < -0.3 is 15.8 Å². The number of nitrogens with zero attached hydrogens (tertiary/aromatic N) is 4. The lowest BCUT2D eigenvalue weighted by Gasteiger charge is -2.33. The fraction of sp³-hybridized carbons (Fsp3) is 0.424. The number of halogens is 2. The highest BCUT2D eigenvalue weighted by Crippen LogP contribution is 2.30. The summed E-state index contributed by atoms with van der Waals surface area (Å²) in [5.41, 5.74) is 5.21. The van der Waals surface area contributed by atoms with Gasteiger partial charge in [0.2, 0.25) is 20.0 Å². The zero-order chi connectivity index (χ0) is 35.6. The average Bonchev–Trinajstić information content (AvgIpc) is 3.04. The molecule has 0 bridgehead atoms. The van der Waals surface area contributed by atoms with Crippen molar-refractivity contribution in [3.05, 3.63) is 72.8 Å². The van der Waals surface area contributed by atoms with E-state index in [2.05, 4.69) is 15.3 Å². The molecule has 6 rings (SSSR count). The quantitative estimate of drug-likeness (QED) is 0.302. The second-order valence-electron chi connectivity index (χ2n) is 13.1. The van der Waals surface area contributed by atoms with Crippen molar-refractivity contribution < 1.29 is 35.1 Å². The number of benzene rings is 2. The first kappa shape index (κ1) is 36.5. The van der Waals surface area contributed by atoms with Gasteiger partial charge in [-0.05, 0) is 58.6 Å². The van der Waals surface area contributed by atoms with Crippen LogP contribution in [0.4, 0.5) is 13.6 Å². The second-order valence-corrected chi connectivity index (χ2v) is 16.9. The Morgan fingerprint density at radius 1 is 0.816 bits per heavy atom. The summed E-state index contributed by atoms with van der Waals surface area (Å²) in [5, 5.41) is 3.73. The SMILES string of the molecule is CC(C)(C)OC(=O)N[C@H]1CCCN(S(=O)(=O)c2cccc3cncc(F)c23)C1.N[C@H]1CCCN(S(=O)(=O)c2cccc3cncc(F)c23)C1. The molecule has 2 aliphatic heterocycles. The summed E-state index contributed by atoms with van der Waals surface area (Å²) in [6.07, 6.45) is 7.08. The van der Waals surface area contributed by atoms with Gasteiger partial charge in [-0.3, -0.25) is 9.97 Å². The minimum Gasteiger partial charge on any atom is -0.444 e. The highest BCUT2D eigenvalue weighted by atomic mass is 32.2. The van der Waals surface area contributed by atoms with Gasteiger partial charge in [0.1, 0.15) is 5.60 Å². The standard InChI is InChI=1S/C19H24FN3O4S.C14H16FN3O2S/c1-19(2,3)27-18(24)22-14-7-5-9-23(12-14)28(25,26)16-8-4-6-13-10-21-11-15(20)17(13)16;15-12-8-17-7-10-3-1-5-13(14(10)12)21(19,20)18-6-2-4-11(16)9-18/h4,6,8,10-11,14H,5,7,9,12H2,1-3H3,(H,22,24);1,3,5,7-8,11H,2,4,6,9,16H2/t14-;11-/m00/s1. The van der Waals surface area contributed by atoms with Gasteiger partial charge in [-0.1, -0.05) is 24.3 Å². The zero-order valence-electron chi connectivity index (χ0n) is 27.5. The van der Waals surface area contributed by atoms with E-state index in [0.717, 1.165) is 25.2 Å². The Bertz CT molecular complexity index is 2050. The van der Waals surface area contributed by atoms with Crippen LogP contribution in [0.5, 0.6) is 0 Å². The number of aromatic nitrogens is 2. The lowest BCUT2D eigenvalue weighted by Crippen LogP contribution is -2.50. The molecule has 16 heteroatoms. The molecule has 12 nitrogen and oxygen atoms in total. The van der Waals surface area contributed by atoms with Crippen LogP contribution in [0, 0.1) is 11.6 Å². The van der Waals surface area contributed by atoms with E-state index < -0.39 is 43.4 Å². The molecule has 264 valence electrons. The minimum atomic E-state index is -3.94. The fourth-order valence-electron chi connectivity index (χ4n) is 5.97. The number of sulfonamides is 2. The van der Waals surface area contributed by atoms with E-state index in [1.807, 2.05) is 0 Å². The Morgan fingerprint density at radius 2 is 1.31 bits per heavy atom. The Hall–Kier alpha value is -3.83. The van der Waals surface area contributed by atoms with Crippen LogP contribution in [0.2, 0.25) is 0 Å². The molecule has 2 atom stereocenters. The Morgan fingerprint density at radius 3 is 1.80 bits per heavy atom. The number of amides is 1. The number of alkyl carbamates (subject to hydrolysis) is 1. The van der Waals surface area contributed by atoms with Crippen LogP contribution in [-0.2, 0) is 24.8 Å². The first-order valence-corrected chi connectivity index (χ1v) is 18.8. The largest absolute Gasteiger partial charge is 0.444 e. The number of carbonyl (C=O) groups is 1. The van der Waals surface area contributed by atoms with Gasteiger partial charge in [0.05, 0.1) is 22.2 Å². The topological polar surface area (TPSA) is 165 Å². The van der Waals surface area contributed by atoms with Crippen molar-refractivity contribution in [1.29, 1.82) is 0 Å².